The van der Waals surface area contributed by atoms with Crippen LogP contribution >= 0.6 is 0 Å². The van der Waals surface area contributed by atoms with Crippen molar-refractivity contribution in [3.63, 3.8) is 0 Å². The van der Waals surface area contributed by atoms with Gasteiger partial charge in [-0.15, -0.1) is 0 Å². The summed E-state index contributed by atoms with van der Waals surface area (Å²) in [5.41, 5.74) is 3.19. The second-order valence-electron chi connectivity index (χ2n) is 8.95. The van der Waals surface area contributed by atoms with Gasteiger partial charge in [0.2, 0.25) is 0 Å². The molecule has 1 aromatic rings. The van der Waals surface area contributed by atoms with Gasteiger partial charge in [0.05, 0.1) is 13.2 Å². The first kappa shape index (κ1) is 17.8. The van der Waals surface area contributed by atoms with E-state index in [2.05, 4.69) is 52.8 Å². The Hall–Kier alpha value is -1.02. The molecular formula is C22H34O2. The van der Waals surface area contributed by atoms with Crippen LogP contribution in [-0.2, 0) is 10.2 Å². The van der Waals surface area contributed by atoms with Crippen LogP contribution in [0.15, 0.2) is 18.2 Å². The van der Waals surface area contributed by atoms with Crippen molar-refractivity contribution >= 4 is 0 Å². The van der Waals surface area contributed by atoms with Crippen LogP contribution in [0.25, 0.3) is 0 Å². The van der Waals surface area contributed by atoms with E-state index in [4.69, 9.17) is 9.47 Å². The molecular weight excluding hydrogens is 296 g/mol. The molecule has 1 atom stereocenters. The van der Waals surface area contributed by atoms with Crippen LogP contribution in [0.3, 0.4) is 0 Å². The molecule has 1 saturated carbocycles. The van der Waals surface area contributed by atoms with Gasteiger partial charge in [-0.3, -0.25) is 0 Å². The largest absolute Gasteiger partial charge is 0.482 e. The summed E-state index contributed by atoms with van der Waals surface area (Å²) in [6.45, 7) is 13.0. The molecule has 24 heavy (non-hydrogen) atoms. The van der Waals surface area contributed by atoms with Gasteiger partial charge in [0.1, 0.15) is 5.75 Å². The zero-order chi connectivity index (χ0) is 17.4. The average Bonchev–Trinajstić information content (AvgIpc) is 2.50. The molecule has 0 N–H and O–H groups in total. The smallest absolute Gasteiger partial charge is 0.152 e. The first-order chi connectivity index (χ1) is 11.3. The number of hydrogen-bond donors (Lipinski definition) is 0. The molecule has 1 aliphatic carbocycles. The second kappa shape index (κ2) is 6.37. The van der Waals surface area contributed by atoms with Crippen molar-refractivity contribution in [2.24, 2.45) is 5.41 Å². The van der Waals surface area contributed by atoms with E-state index in [9.17, 15) is 0 Å². The summed E-state index contributed by atoms with van der Waals surface area (Å²) < 4.78 is 11.7. The lowest BCUT2D eigenvalue weighted by atomic mass is 9.53. The molecule has 1 saturated heterocycles. The minimum absolute atomic E-state index is 0.149. The van der Waals surface area contributed by atoms with Crippen molar-refractivity contribution in [3.05, 3.63) is 29.3 Å². The highest BCUT2D eigenvalue weighted by molar-refractivity contribution is 5.42. The zero-order valence-electron chi connectivity index (χ0n) is 16.2. The Kier molecular flexibility index (Phi) is 4.72. The predicted molar refractivity (Wildman–Crippen MR) is 99.9 cm³/mol. The molecule has 1 heterocycles. The summed E-state index contributed by atoms with van der Waals surface area (Å²) in [5, 5.41) is 0. The molecule has 2 heteroatoms. The van der Waals surface area contributed by atoms with Crippen LogP contribution in [0.5, 0.6) is 5.75 Å². The number of benzene rings is 1. The molecule has 0 radical (unpaired) electrons. The molecule has 1 aromatic carbocycles. The number of ether oxygens (including phenoxy) is 2. The lowest BCUT2D eigenvalue weighted by molar-refractivity contribution is -0.150. The summed E-state index contributed by atoms with van der Waals surface area (Å²) in [6.07, 6.45) is 7.84. The summed E-state index contributed by atoms with van der Waals surface area (Å²) in [5.74, 6) is 1.05. The van der Waals surface area contributed by atoms with Gasteiger partial charge in [-0.1, -0.05) is 52.2 Å². The Labute approximate surface area is 147 Å². The molecule has 2 fully saturated rings. The highest BCUT2D eigenvalue weighted by Gasteiger charge is 2.47. The molecule has 2 aliphatic rings. The third-order valence-electron chi connectivity index (χ3n) is 6.54. The van der Waals surface area contributed by atoms with Crippen LogP contribution in [0, 0.1) is 12.3 Å². The molecule has 3 rings (SSSR count). The summed E-state index contributed by atoms with van der Waals surface area (Å²) in [7, 11) is 0. The van der Waals surface area contributed by atoms with Crippen LogP contribution in [0.1, 0.15) is 77.3 Å². The maximum absolute atomic E-state index is 6.37. The molecule has 0 amide bonds. The van der Waals surface area contributed by atoms with Gasteiger partial charge in [0, 0.05) is 5.41 Å². The van der Waals surface area contributed by atoms with Crippen molar-refractivity contribution in [3.8, 4) is 5.75 Å². The van der Waals surface area contributed by atoms with E-state index in [-0.39, 0.29) is 11.0 Å². The number of hydrogen-bond acceptors (Lipinski definition) is 2. The van der Waals surface area contributed by atoms with E-state index in [0.29, 0.717) is 18.6 Å². The maximum Gasteiger partial charge on any atom is 0.152 e. The first-order valence-electron chi connectivity index (χ1n) is 9.70. The first-order valence-corrected chi connectivity index (χ1v) is 9.70. The molecule has 134 valence electrons. The van der Waals surface area contributed by atoms with Crippen LogP contribution in [0.4, 0.5) is 0 Å². The molecule has 0 bridgehead atoms. The lowest BCUT2D eigenvalue weighted by Crippen LogP contribution is -2.51. The number of rotatable bonds is 5. The van der Waals surface area contributed by atoms with E-state index in [1.807, 2.05) is 0 Å². The summed E-state index contributed by atoms with van der Waals surface area (Å²) in [6, 6.07) is 6.97. The maximum atomic E-state index is 6.37. The van der Waals surface area contributed by atoms with Crippen LogP contribution < -0.4 is 4.74 Å². The fourth-order valence-corrected chi connectivity index (χ4v) is 4.86. The fraction of sp³-hybridized carbons (Fsp3) is 0.727. The lowest BCUT2D eigenvalue weighted by Gasteiger charge is -2.51. The summed E-state index contributed by atoms with van der Waals surface area (Å²) in [4.78, 5) is 0. The summed E-state index contributed by atoms with van der Waals surface area (Å²) >= 11 is 0. The SMILES string of the molecule is CCC[C@]1(c2ccc(C)c(OC3(C)COC3)c2)CCCCC1(C)C. The Morgan fingerprint density at radius 2 is 1.79 bits per heavy atom. The van der Waals surface area contributed by atoms with Crippen molar-refractivity contribution < 1.29 is 9.47 Å². The molecule has 0 unspecified atom stereocenters. The minimum atomic E-state index is -0.149. The van der Waals surface area contributed by atoms with E-state index >= 15 is 0 Å². The van der Waals surface area contributed by atoms with E-state index in [1.165, 1.54) is 49.7 Å². The van der Waals surface area contributed by atoms with E-state index in [0.717, 1.165) is 5.75 Å². The van der Waals surface area contributed by atoms with E-state index < -0.39 is 0 Å². The molecule has 2 nitrogen and oxygen atoms in total. The Morgan fingerprint density at radius 1 is 1.08 bits per heavy atom. The highest BCUT2D eigenvalue weighted by Crippen LogP contribution is 2.55. The van der Waals surface area contributed by atoms with Gasteiger partial charge in [-0.2, -0.15) is 0 Å². The van der Waals surface area contributed by atoms with Gasteiger partial charge in [-0.05, 0) is 55.7 Å². The normalized spacial score (nSPS) is 28.2. The third kappa shape index (κ3) is 2.98. The fourth-order valence-electron chi connectivity index (χ4n) is 4.86. The molecule has 0 aromatic heterocycles. The van der Waals surface area contributed by atoms with Gasteiger partial charge >= 0.3 is 0 Å². The standard InChI is InChI=1S/C22H34O2/c1-6-11-22(13-8-7-12-20(22,3)4)18-10-9-17(2)19(14-18)24-21(5)15-23-16-21/h9-10,14H,6-8,11-13,15-16H2,1-5H3/t22-/m1/s1. The third-order valence-corrected chi connectivity index (χ3v) is 6.54. The van der Waals surface area contributed by atoms with Crippen molar-refractivity contribution in [1.29, 1.82) is 0 Å². The Balaban J connectivity index is 1.99. The monoisotopic (exact) mass is 330 g/mol. The van der Waals surface area contributed by atoms with E-state index in [1.54, 1.807) is 0 Å². The topological polar surface area (TPSA) is 18.5 Å². The van der Waals surface area contributed by atoms with Gasteiger partial charge < -0.3 is 9.47 Å². The van der Waals surface area contributed by atoms with Crippen molar-refractivity contribution in [2.75, 3.05) is 13.2 Å². The molecule has 1 aliphatic heterocycles. The van der Waals surface area contributed by atoms with Crippen molar-refractivity contribution in [2.45, 2.75) is 84.2 Å². The minimum Gasteiger partial charge on any atom is -0.482 e. The highest BCUT2D eigenvalue weighted by atomic mass is 16.6. The average molecular weight is 331 g/mol. The Bertz CT molecular complexity index is 582. The predicted octanol–water partition coefficient (Wildman–Crippen LogP) is 5.80. The van der Waals surface area contributed by atoms with Gasteiger partial charge in [0.15, 0.2) is 5.60 Å². The zero-order valence-corrected chi connectivity index (χ0v) is 16.2. The van der Waals surface area contributed by atoms with Crippen LogP contribution in [-0.4, -0.2) is 18.8 Å². The van der Waals surface area contributed by atoms with Crippen molar-refractivity contribution in [1.82, 2.24) is 0 Å². The van der Waals surface area contributed by atoms with Gasteiger partial charge in [-0.25, -0.2) is 0 Å². The number of aryl methyl sites for hydroxylation is 1. The van der Waals surface area contributed by atoms with Gasteiger partial charge in [0.25, 0.3) is 0 Å². The Morgan fingerprint density at radius 3 is 2.38 bits per heavy atom. The quantitative estimate of drug-likeness (QED) is 0.679. The van der Waals surface area contributed by atoms with Crippen LogP contribution in [0.2, 0.25) is 0 Å². The second-order valence-corrected chi connectivity index (χ2v) is 8.95. The molecule has 0 spiro atoms.